The topological polar surface area (TPSA) is 74.6 Å². The molecule has 7 nitrogen and oxygen atoms in total. The maximum absolute atomic E-state index is 12.8. The van der Waals surface area contributed by atoms with Gasteiger partial charge in [-0.25, -0.2) is 0 Å². The van der Waals surface area contributed by atoms with E-state index >= 15 is 0 Å². The molecule has 0 unspecified atom stereocenters. The van der Waals surface area contributed by atoms with Crippen LogP contribution in [0.15, 0.2) is 42.5 Å². The van der Waals surface area contributed by atoms with Crippen molar-refractivity contribution in [1.82, 2.24) is 9.78 Å². The van der Waals surface area contributed by atoms with Gasteiger partial charge in [-0.2, -0.15) is 5.10 Å². The van der Waals surface area contributed by atoms with Crippen LogP contribution in [0.5, 0.6) is 17.2 Å². The van der Waals surface area contributed by atoms with Crippen molar-refractivity contribution in [1.29, 1.82) is 0 Å². The van der Waals surface area contributed by atoms with Crippen molar-refractivity contribution in [2.24, 2.45) is 0 Å². The second-order valence-electron chi connectivity index (χ2n) is 6.29. The molecular formula is C21H22ClN3O4. The molecule has 0 aliphatic carbocycles. The number of benzene rings is 2. The highest BCUT2D eigenvalue weighted by Gasteiger charge is 2.21. The minimum Gasteiger partial charge on any atom is -0.493 e. The second kappa shape index (κ2) is 8.87. The number of carbonyl (C=O) groups excluding carboxylic acids is 1. The average Bonchev–Trinajstić information content (AvgIpc) is 3.05. The van der Waals surface area contributed by atoms with Crippen molar-refractivity contribution in [3.8, 4) is 17.2 Å². The largest absolute Gasteiger partial charge is 0.493 e. The lowest BCUT2D eigenvalue weighted by atomic mass is 10.1. The van der Waals surface area contributed by atoms with E-state index in [0.717, 1.165) is 11.3 Å². The first-order valence-corrected chi connectivity index (χ1v) is 9.23. The van der Waals surface area contributed by atoms with Gasteiger partial charge in [-0.15, -0.1) is 0 Å². The number of halogens is 1. The second-order valence-corrected chi connectivity index (χ2v) is 6.73. The van der Waals surface area contributed by atoms with Gasteiger partial charge in [-0.3, -0.25) is 9.48 Å². The van der Waals surface area contributed by atoms with Crippen LogP contribution in [0.2, 0.25) is 5.02 Å². The highest BCUT2D eigenvalue weighted by atomic mass is 35.5. The van der Waals surface area contributed by atoms with E-state index in [1.807, 2.05) is 31.2 Å². The summed E-state index contributed by atoms with van der Waals surface area (Å²) in [6, 6.07) is 12.6. The number of nitrogens with one attached hydrogen (secondary N) is 1. The summed E-state index contributed by atoms with van der Waals surface area (Å²) in [5.41, 5.74) is 2.23. The van der Waals surface area contributed by atoms with Crippen LogP contribution in [0.1, 0.15) is 21.6 Å². The Morgan fingerprint density at radius 2 is 1.83 bits per heavy atom. The van der Waals surface area contributed by atoms with E-state index in [9.17, 15) is 4.79 Å². The molecule has 0 saturated heterocycles. The van der Waals surface area contributed by atoms with E-state index in [0.29, 0.717) is 40.2 Å². The number of anilines is 1. The lowest BCUT2D eigenvalue weighted by Crippen LogP contribution is -2.14. The summed E-state index contributed by atoms with van der Waals surface area (Å²) in [7, 11) is 4.48. The van der Waals surface area contributed by atoms with Crippen molar-refractivity contribution in [2.75, 3.05) is 26.6 Å². The number of hydrogen-bond donors (Lipinski definition) is 1. The number of ether oxygens (including phenoxy) is 3. The molecule has 1 heterocycles. The fraction of sp³-hybridized carbons (Fsp3) is 0.238. The number of methoxy groups -OCH3 is 3. The van der Waals surface area contributed by atoms with Crippen LogP contribution < -0.4 is 19.5 Å². The fourth-order valence-corrected chi connectivity index (χ4v) is 3.22. The standard InChI is InChI=1S/C21H22ClN3O4/c1-13-10-18(24-25(13)12-14-6-5-7-15(22)11-14)23-21(26)16-8-9-17(27-2)20(29-4)19(16)28-3/h5-11H,12H2,1-4H3,(H,23,24,26). The third kappa shape index (κ3) is 4.46. The van der Waals surface area contributed by atoms with Crippen molar-refractivity contribution in [3.05, 3.63) is 64.3 Å². The van der Waals surface area contributed by atoms with Crippen molar-refractivity contribution in [3.63, 3.8) is 0 Å². The van der Waals surface area contributed by atoms with Gasteiger partial charge in [0.1, 0.15) is 0 Å². The summed E-state index contributed by atoms with van der Waals surface area (Å²) in [5, 5.41) is 7.95. The summed E-state index contributed by atoms with van der Waals surface area (Å²) < 4.78 is 17.8. The molecule has 0 saturated carbocycles. The summed E-state index contributed by atoms with van der Waals surface area (Å²) in [4.78, 5) is 12.8. The Bertz CT molecular complexity index is 1030. The maximum atomic E-state index is 12.8. The summed E-state index contributed by atoms with van der Waals surface area (Å²) in [6.07, 6.45) is 0. The van der Waals surface area contributed by atoms with E-state index in [1.165, 1.54) is 21.3 Å². The van der Waals surface area contributed by atoms with Crippen LogP contribution in [0, 0.1) is 6.92 Å². The van der Waals surface area contributed by atoms with Gasteiger partial charge in [0.2, 0.25) is 5.75 Å². The number of hydrogen-bond acceptors (Lipinski definition) is 5. The predicted octanol–water partition coefficient (Wildman–Crippen LogP) is 4.17. The molecule has 2 aromatic carbocycles. The Balaban J connectivity index is 1.83. The highest BCUT2D eigenvalue weighted by Crippen LogP contribution is 2.39. The van der Waals surface area contributed by atoms with Crippen molar-refractivity contribution >= 4 is 23.3 Å². The van der Waals surface area contributed by atoms with Gasteiger partial charge in [-0.05, 0) is 36.8 Å². The number of carbonyl (C=O) groups is 1. The quantitative estimate of drug-likeness (QED) is 0.626. The minimum absolute atomic E-state index is 0.291. The summed E-state index contributed by atoms with van der Waals surface area (Å²) >= 11 is 6.05. The fourth-order valence-electron chi connectivity index (χ4n) is 3.00. The SMILES string of the molecule is COc1ccc(C(=O)Nc2cc(C)n(Cc3cccc(Cl)c3)n2)c(OC)c1OC. The third-order valence-corrected chi connectivity index (χ3v) is 4.63. The van der Waals surface area contributed by atoms with Gasteiger partial charge in [0.15, 0.2) is 17.3 Å². The maximum Gasteiger partial charge on any atom is 0.260 e. The number of rotatable bonds is 7. The van der Waals surface area contributed by atoms with Gasteiger partial charge in [0.25, 0.3) is 5.91 Å². The molecule has 29 heavy (non-hydrogen) atoms. The van der Waals surface area contributed by atoms with Crippen LogP contribution in [0.25, 0.3) is 0 Å². The smallest absolute Gasteiger partial charge is 0.260 e. The van der Waals surface area contributed by atoms with Gasteiger partial charge < -0.3 is 19.5 Å². The summed E-state index contributed by atoms with van der Waals surface area (Å²) in [6.45, 7) is 2.46. The van der Waals surface area contributed by atoms with Crippen molar-refractivity contribution in [2.45, 2.75) is 13.5 Å². The Morgan fingerprint density at radius 1 is 1.07 bits per heavy atom. The molecule has 0 aliphatic heterocycles. The Morgan fingerprint density at radius 3 is 2.48 bits per heavy atom. The van der Waals surface area contributed by atoms with E-state index < -0.39 is 0 Å². The molecule has 152 valence electrons. The first kappa shape index (κ1) is 20.5. The molecule has 0 radical (unpaired) electrons. The van der Waals surface area contributed by atoms with Gasteiger partial charge in [0, 0.05) is 16.8 Å². The number of aryl methyl sites for hydroxylation is 1. The summed E-state index contributed by atoms with van der Waals surface area (Å²) in [5.74, 6) is 1.19. The number of amides is 1. The first-order valence-electron chi connectivity index (χ1n) is 8.86. The molecule has 0 fully saturated rings. The van der Waals surface area contributed by atoms with E-state index in [4.69, 9.17) is 25.8 Å². The van der Waals surface area contributed by atoms with Crippen molar-refractivity contribution < 1.29 is 19.0 Å². The van der Waals surface area contributed by atoms with Crippen LogP contribution in [-0.4, -0.2) is 37.0 Å². The minimum atomic E-state index is -0.366. The van der Waals surface area contributed by atoms with Gasteiger partial charge in [-0.1, -0.05) is 23.7 Å². The molecule has 0 spiro atoms. The van der Waals surface area contributed by atoms with Crippen LogP contribution in [-0.2, 0) is 6.54 Å². The predicted molar refractivity (Wildman–Crippen MR) is 112 cm³/mol. The molecule has 1 aromatic heterocycles. The Hall–Kier alpha value is -3.19. The lowest BCUT2D eigenvalue weighted by Gasteiger charge is -2.15. The van der Waals surface area contributed by atoms with Gasteiger partial charge >= 0.3 is 0 Å². The number of nitrogens with zero attached hydrogens (tertiary/aromatic N) is 2. The number of aromatic nitrogens is 2. The van der Waals surface area contributed by atoms with Gasteiger partial charge in [0.05, 0.1) is 33.4 Å². The molecule has 0 aliphatic rings. The molecule has 0 bridgehead atoms. The van der Waals surface area contributed by atoms with E-state index in [2.05, 4.69) is 10.4 Å². The molecule has 1 N–H and O–H groups in total. The zero-order valence-corrected chi connectivity index (χ0v) is 17.4. The molecule has 0 atom stereocenters. The lowest BCUT2D eigenvalue weighted by molar-refractivity contribution is 0.102. The zero-order chi connectivity index (χ0) is 21.0. The normalized spacial score (nSPS) is 10.5. The highest BCUT2D eigenvalue weighted by molar-refractivity contribution is 6.30. The molecule has 1 amide bonds. The van der Waals surface area contributed by atoms with E-state index in [1.54, 1.807) is 22.9 Å². The van der Waals surface area contributed by atoms with Crippen LogP contribution in [0.4, 0.5) is 5.82 Å². The first-order chi connectivity index (χ1) is 14.0. The van der Waals surface area contributed by atoms with Crippen LogP contribution >= 0.6 is 11.6 Å². The molecular weight excluding hydrogens is 394 g/mol. The van der Waals surface area contributed by atoms with Crippen LogP contribution in [0.3, 0.4) is 0 Å². The molecule has 3 aromatic rings. The third-order valence-electron chi connectivity index (χ3n) is 4.39. The monoisotopic (exact) mass is 415 g/mol. The Kier molecular flexibility index (Phi) is 6.29. The van der Waals surface area contributed by atoms with E-state index in [-0.39, 0.29) is 5.91 Å². The average molecular weight is 416 g/mol. The molecule has 3 rings (SSSR count). The Labute approximate surface area is 174 Å². The molecule has 8 heteroatoms. The zero-order valence-electron chi connectivity index (χ0n) is 16.7.